The zero-order valence-electron chi connectivity index (χ0n) is 9.57. The highest BCUT2D eigenvalue weighted by Gasteiger charge is 2.23. The van der Waals surface area contributed by atoms with Crippen LogP contribution in [-0.4, -0.2) is 21.1 Å². The number of anilines is 1. The van der Waals surface area contributed by atoms with Crippen LogP contribution in [0, 0.1) is 12.9 Å². The number of carbonyl (C=O) groups excluding carboxylic acids is 1. The predicted octanol–water partition coefficient (Wildman–Crippen LogP) is 1.48. The molecule has 3 heterocycles. The molecule has 0 aliphatic carbocycles. The molecule has 1 N–H and O–H groups in total. The maximum Gasteiger partial charge on any atom is 0.230 e. The highest BCUT2D eigenvalue weighted by molar-refractivity contribution is 6.00. The number of pyridine rings is 1. The first kappa shape index (κ1) is 10.8. The van der Waals surface area contributed by atoms with Gasteiger partial charge in [-0.15, -0.1) is 0 Å². The monoisotopic (exact) mass is 244 g/mol. The van der Waals surface area contributed by atoms with Crippen LogP contribution in [0.4, 0.5) is 10.1 Å². The van der Waals surface area contributed by atoms with Crippen molar-refractivity contribution in [2.24, 2.45) is 0 Å². The lowest BCUT2D eigenvalue weighted by molar-refractivity contribution is -0.115. The highest BCUT2D eigenvalue weighted by Crippen LogP contribution is 2.34. The number of nitrogens with one attached hydrogen (secondary N) is 1. The van der Waals surface area contributed by atoms with Crippen LogP contribution in [0.3, 0.4) is 0 Å². The first-order chi connectivity index (χ1) is 8.65. The molecule has 90 valence electrons. The molecule has 1 amide bonds. The van der Waals surface area contributed by atoms with Crippen LogP contribution in [-0.2, 0) is 11.2 Å². The topological polar surface area (TPSA) is 67.8 Å². The van der Waals surface area contributed by atoms with Gasteiger partial charge in [-0.25, -0.2) is 4.98 Å². The molecule has 0 spiro atoms. The Bertz CT molecular complexity index is 657. The molecule has 2 aromatic rings. The number of amides is 1. The van der Waals surface area contributed by atoms with Gasteiger partial charge >= 0.3 is 0 Å². The van der Waals surface area contributed by atoms with E-state index >= 15 is 0 Å². The second-order valence-corrected chi connectivity index (χ2v) is 4.09. The summed E-state index contributed by atoms with van der Waals surface area (Å²) in [6.07, 6.45) is 1.55. The van der Waals surface area contributed by atoms with E-state index in [9.17, 15) is 9.18 Å². The summed E-state index contributed by atoms with van der Waals surface area (Å²) in [5, 5.41) is 10.3. The van der Waals surface area contributed by atoms with Crippen molar-refractivity contribution in [3.8, 4) is 11.1 Å². The third kappa shape index (κ3) is 1.62. The van der Waals surface area contributed by atoms with Gasteiger partial charge in [0.05, 0.1) is 29.6 Å². The lowest BCUT2D eigenvalue weighted by atomic mass is 10.0. The fourth-order valence-electron chi connectivity index (χ4n) is 2.06. The van der Waals surface area contributed by atoms with E-state index in [1.807, 2.05) is 0 Å². The van der Waals surface area contributed by atoms with Gasteiger partial charge in [-0.05, 0) is 19.1 Å². The average Bonchev–Trinajstić information content (AvgIpc) is 2.43. The van der Waals surface area contributed by atoms with E-state index < -0.39 is 5.95 Å². The number of aromatic nitrogens is 3. The lowest BCUT2D eigenvalue weighted by Crippen LogP contribution is -2.13. The summed E-state index contributed by atoms with van der Waals surface area (Å²) in [6, 6.07) is 3.29. The fraction of sp³-hybridized carbons (Fsp3) is 0.167. The Labute approximate surface area is 102 Å². The first-order valence-electron chi connectivity index (χ1n) is 5.43. The molecule has 1 aliphatic rings. The van der Waals surface area contributed by atoms with Crippen LogP contribution in [0.25, 0.3) is 11.1 Å². The van der Waals surface area contributed by atoms with Gasteiger partial charge in [0.1, 0.15) is 0 Å². The Morgan fingerprint density at radius 2 is 2.28 bits per heavy atom. The van der Waals surface area contributed by atoms with E-state index in [2.05, 4.69) is 20.5 Å². The van der Waals surface area contributed by atoms with Crippen molar-refractivity contribution in [2.45, 2.75) is 13.3 Å². The molecule has 3 rings (SSSR count). The molecule has 1 aliphatic heterocycles. The van der Waals surface area contributed by atoms with Crippen LogP contribution >= 0.6 is 0 Å². The van der Waals surface area contributed by atoms with Crippen molar-refractivity contribution in [3.63, 3.8) is 0 Å². The summed E-state index contributed by atoms with van der Waals surface area (Å²) < 4.78 is 14.0. The Balaban J connectivity index is 2.35. The van der Waals surface area contributed by atoms with E-state index in [1.54, 1.807) is 19.1 Å². The van der Waals surface area contributed by atoms with Gasteiger partial charge in [-0.1, -0.05) is 0 Å². The van der Waals surface area contributed by atoms with E-state index in [-0.39, 0.29) is 17.9 Å². The zero-order valence-corrected chi connectivity index (χ0v) is 9.57. The smallest absolute Gasteiger partial charge is 0.230 e. The molecule has 0 aromatic carbocycles. The minimum Gasteiger partial charge on any atom is -0.325 e. The van der Waals surface area contributed by atoms with E-state index in [0.717, 1.165) is 0 Å². The Morgan fingerprint density at radius 3 is 3.11 bits per heavy atom. The van der Waals surface area contributed by atoms with Gasteiger partial charge in [0.2, 0.25) is 11.9 Å². The molecule has 0 bridgehead atoms. The largest absolute Gasteiger partial charge is 0.325 e. The second kappa shape index (κ2) is 3.83. The minimum absolute atomic E-state index is 0.0797. The highest BCUT2D eigenvalue weighted by atomic mass is 19.1. The van der Waals surface area contributed by atoms with Crippen LogP contribution < -0.4 is 5.32 Å². The maximum absolute atomic E-state index is 14.0. The van der Waals surface area contributed by atoms with Crippen molar-refractivity contribution in [3.05, 3.63) is 35.7 Å². The van der Waals surface area contributed by atoms with Crippen LogP contribution in [0.5, 0.6) is 0 Å². The average molecular weight is 244 g/mol. The number of hydrogen-bond donors (Lipinski definition) is 1. The summed E-state index contributed by atoms with van der Waals surface area (Å²) in [5.41, 5.74) is 2.23. The molecular formula is C12H9FN4O. The third-order valence-electron chi connectivity index (χ3n) is 2.77. The zero-order chi connectivity index (χ0) is 12.7. The van der Waals surface area contributed by atoms with Crippen LogP contribution in [0.1, 0.15) is 11.4 Å². The Morgan fingerprint density at radius 1 is 1.44 bits per heavy atom. The van der Waals surface area contributed by atoms with Gasteiger partial charge in [0.25, 0.3) is 0 Å². The Hall–Kier alpha value is -2.37. The molecule has 0 saturated heterocycles. The molecule has 0 fully saturated rings. The molecule has 0 saturated carbocycles. The maximum atomic E-state index is 14.0. The van der Waals surface area contributed by atoms with Crippen LogP contribution in [0.15, 0.2) is 18.3 Å². The van der Waals surface area contributed by atoms with E-state index in [0.29, 0.717) is 22.6 Å². The molecular weight excluding hydrogens is 235 g/mol. The third-order valence-corrected chi connectivity index (χ3v) is 2.77. The van der Waals surface area contributed by atoms with Crippen molar-refractivity contribution >= 4 is 11.6 Å². The van der Waals surface area contributed by atoms with Gasteiger partial charge in [0.15, 0.2) is 0 Å². The van der Waals surface area contributed by atoms with Crippen molar-refractivity contribution in [2.75, 3.05) is 5.32 Å². The van der Waals surface area contributed by atoms with Crippen molar-refractivity contribution in [1.82, 2.24) is 15.2 Å². The fourth-order valence-corrected chi connectivity index (χ4v) is 2.06. The number of halogens is 1. The van der Waals surface area contributed by atoms with Gasteiger partial charge in [0, 0.05) is 11.3 Å². The quantitative estimate of drug-likeness (QED) is 0.713. The molecule has 5 nitrogen and oxygen atoms in total. The van der Waals surface area contributed by atoms with Gasteiger partial charge in [-0.3, -0.25) is 4.79 Å². The Kier molecular flexibility index (Phi) is 2.29. The number of hydrogen-bond acceptors (Lipinski definition) is 4. The summed E-state index contributed by atoms with van der Waals surface area (Å²) in [6.45, 7) is 1.67. The lowest BCUT2D eigenvalue weighted by Gasteiger charge is -2.09. The van der Waals surface area contributed by atoms with Crippen LogP contribution in [0.2, 0.25) is 0 Å². The molecule has 0 atom stereocenters. The van der Waals surface area contributed by atoms with Gasteiger partial charge in [-0.2, -0.15) is 14.6 Å². The van der Waals surface area contributed by atoms with E-state index in [4.69, 9.17) is 0 Å². The summed E-state index contributed by atoms with van der Waals surface area (Å²) in [5.74, 6) is -0.845. The number of fused-ring (bicyclic) bond motifs is 3. The first-order valence-corrected chi connectivity index (χ1v) is 5.43. The number of nitrogens with zero attached hydrogens (tertiary/aromatic N) is 3. The normalized spacial score (nSPS) is 13.3. The number of aryl methyl sites for hydroxylation is 1. The minimum atomic E-state index is -0.610. The SMILES string of the molecule is Cc1cc2c(c(F)n1)-c1ccnnc1CC(=O)N2. The second-order valence-electron chi connectivity index (χ2n) is 4.09. The summed E-state index contributed by atoms with van der Waals surface area (Å²) in [4.78, 5) is 15.5. The standard InChI is InChI=1S/C12H9FN4O/c1-6-4-9-11(12(13)15-6)7-2-3-14-17-8(7)5-10(18)16-9/h2-4H,5H2,1H3,(H,16,18). The molecule has 2 aromatic heterocycles. The molecule has 6 heteroatoms. The number of carbonyl (C=O) groups is 1. The van der Waals surface area contributed by atoms with Crippen molar-refractivity contribution < 1.29 is 9.18 Å². The van der Waals surface area contributed by atoms with Gasteiger partial charge < -0.3 is 5.32 Å². The summed E-state index contributed by atoms with van der Waals surface area (Å²) >= 11 is 0. The number of rotatable bonds is 0. The summed E-state index contributed by atoms with van der Waals surface area (Å²) in [7, 11) is 0. The molecule has 18 heavy (non-hydrogen) atoms. The molecule has 0 radical (unpaired) electrons. The van der Waals surface area contributed by atoms with E-state index in [1.165, 1.54) is 6.20 Å². The molecule has 0 unspecified atom stereocenters. The van der Waals surface area contributed by atoms with Crippen molar-refractivity contribution in [1.29, 1.82) is 0 Å². The predicted molar refractivity (Wildman–Crippen MR) is 62.3 cm³/mol.